The summed E-state index contributed by atoms with van der Waals surface area (Å²) >= 11 is 7.46. The van der Waals surface area contributed by atoms with Crippen molar-refractivity contribution in [3.8, 4) is 11.5 Å². The first-order chi connectivity index (χ1) is 14.9. The van der Waals surface area contributed by atoms with Crippen LogP contribution < -0.4 is 15.0 Å². The van der Waals surface area contributed by atoms with Gasteiger partial charge < -0.3 is 19.0 Å². The number of imidazole rings is 1. The largest absolute Gasteiger partial charge is 0.586 e. The summed E-state index contributed by atoms with van der Waals surface area (Å²) in [6, 6.07) is 12.1. The molecule has 1 aliphatic rings. The van der Waals surface area contributed by atoms with E-state index in [0.717, 1.165) is 5.56 Å². The summed E-state index contributed by atoms with van der Waals surface area (Å²) in [6.45, 7) is 0.571. The molecule has 2 aromatic carbocycles. The van der Waals surface area contributed by atoms with E-state index in [1.807, 2.05) is 28.8 Å². The van der Waals surface area contributed by atoms with Gasteiger partial charge in [0, 0.05) is 16.5 Å². The average molecular weight is 462 g/mol. The highest BCUT2D eigenvalue weighted by Crippen LogP contribution is 2.43. The van der Waals surface area contributed by atoms with Crippen molar-refractivity contribution >= 4 is 34.5 Å². The number of nitrogens with one attached hydrogen (secondary N) is 2. The Bertz CT molecular complexity index is 1360. The van der Waals surface area contributed by atoms with Crippen molar-refractivity contribution in [1.82, 2.24) is 19.5 Å². The standard InChI is InChI=1S/C20H14ClF2N5O2S/c21-13-4-2-1-3-11(13)7-8-28-10-25-17(24)16-18(28)27-19(26-16)31-12-5-6-14-15(9-12)30-20(22,23)29-14/h1-6,9-10,24H,7-8H2,(H,26,27). The molecule has 0 radical (unpaired) electrons. The first kappa shape index (κ1) is 19.8. The molecule has 0 amide bonds. The van der Waals surface area contributed by atoms with E-state index >= 15 is 0 Å². The van der Waals surface area contributed by atoms with Crippen molar-refractivity contribution in [2.75, 3.05) is 0 Å². The Labute approximate surface area is 183 Å². The number of ether oxygens (including phenoxy) is 2. The number of aromatic nitrogens is 4. The van der Waals surface area contributed by atoms with Crippen molar-refractivity contribution in [2.24, 2.45) is 0 Å². The van der Waals surface area contributed by atoms with Gasteiger partial charge in [-0.25, -0.2) is 9.97 Å². The third-order valence-electron chi connectivity index (χ3n) is 4.67. The molecule has 0 unspecified atom stereocenters. The number of hydrogen-bond donors (Lipinski definition) is 2. The molecule has 31 heavy (non-hydrogen) atoms. The third kappa shape index (κ3) is 3.96. The van der Waals surface area contributed by atoms with Crippen LogP contribution in [-0.4, -0.2) is 25.8 Å². The molecule has 0 aliphatic carbocycles. The highest BCUT2D eigenvalue weighted by atomic mass is 35.5. The number of alkyl halides is 2. The number of benzene rings is 2. The van der Waals surface area contributed by atoms with Crippen LogP contribution in [-0.2, 0) is 13.0 Å². The summed E-state index contributed by atoms with van der Waals surface area (Å²) in [5.74, 6) is -0.0576. The fourth-order valence-corrected chi connectivity index (χ4v) is 4.26. The van der Waals surface area contributed by atoms with E-state index in [-0.39, 0.29) is 17.0 Å². The van der Waals surface area contributed by atoms with E-state index in [1.54, 1.807) is 12.4 Å². The monoisotopic (exact) mass is 461 g/mol. The lowest BCUT2D eigenvalue weighted by atomic mass is 10.1. The molecule has 1 aliphatic heterocycles. The van der Waals surface area contributed by atoms with E-state index in [1.165, 1.54) is 23.9 Å². The van der Waals surface area contributed by atoms with Gasteiger partial charge in [-0.2, -0.15) is 0 Å². The van der Waals surface area contributed by atoms with E-state index in [0.29, 0.717) is 39.2 Å². The summed E-state index contributed by atoms with van der Waals surface area (Å²) in [6.07, 6.45) is -1.42. The van der Waals surface area contributed by atoms with Crippen molar-refractivity contribution in [2.45, 2.75) is 29.3 Å². The Balaban J connectivity index is 1.41. The number of halogens is 3. The number of H-pyrrole nitrogens is 1. The maximum atomic E-state index is 13.2. The van der Waals surface area contributed by atoms with Gasteiger partial charge in [0.2, 0.25) is 0 Å². The third-order valence-corrected chi connectivity index (χ3v) is 5.91. The van der Waals surface area contributed by atoms with Crippen LogP contribution in [0.25, 0.3) is 11.2 Å². The number of nitrogens with zero attached hydrogens (tertiary/aromatic N) is 3. The Morgan fingerprint density at radius 2 is 1.97 bits per heavy atom. The maximum Gasteiger partial charge on any atom is 0.586 e. The molecule has 0 fully saturated rings. The van der Waals surface area contributed by atoms with Gasteiger partial charge in [-0.3, -0.25) is 5.41 Å². The minimum Gasteiger partial charge on any atom is -0.395 e. The van der Waals surface area contributed by atoms with Crippen LogP contribution in [0.2, 0.25) is 5.02 Å². The van der Waals surface area contributed by atoms with Gasteiger partial charge in [-0.05, 0) is 36.2 Å². The van der Waals surface area contributed by atoms with Gasteiger partial charge >= 0.3 is 6.29 Å². The average Bonchev–Trinajstić information content (AvgIpc) is 3.28. The van der Waals surface area contributed by atoms with E-state index in [2.05, 4.69) is 24.4 Å². The summed E-state index contributed by atoms with van der Waals surface area (Å²) in [5, 5.41) is 9.27. The minimum atomic E-state index is -3.66. The minimum absolute atomic E-state index is 0.0194. The topological polar surface area (TPSA) is 88.8 Å². The smallest absolute Gasteiger partial charge is 0.395 e. The molecule has 0 atom stereocenters. The molecule has 3 heterocycles. The summed E-state index contributed by atoms with van der Waals surface area (Å²) < 4.78 is 37.2. The second kappa shape index (κ2) is 7.54. The van der Waals surface area contributed by atoms with Crippen molar-refractivity contribution in [1.29, 1.82) is 5.41 Å². The molecule has 0 bridgehead atoms. The van der Waals surface area contributed by atoms with E-state index in [4.69, 9.17) is 17.0 Å². The fraction of sp³-hybridized carbons (Fsp3) is 0.150. The van der Waals surface area contributed by atoms with Gasteiger partial charge in [-0.1, -0.05) is 41.6 Å². The molecule has 0 saturated carbocycles. The van der Waals surface area contributed by atoms with Crippen LogP contribution in [0.4, 0.5) is 8.78 Å². The normalized spacial score (nSPS) is 14.3. The zero-order valence-corrected chi connectivity index (χ0v) is 17.3. The lowest BCUT2D eigenvalue weighted by Crippen LogP contribution is -2.25. The molecule has 4 aromatic rings. The quantitative estimate of drug-likeness (QED) is 0.453. The van der Waals surface area contributed by atoms with Crippen molar-refractivity contribution < 1.29 is 18.3 Å². The Morgan fingerprint density at radius 1 is 1.16 bits per heavy atom. The summed E-state index contributed by atoms with van der Waals surface area (Å²) in [7, 11) is 0. The SMILES string of the molecule is N=c1ncn(CCc2ccccc2Cl)c2nc(Sc3ccc4c(c3)OC(F)(F)O4)[nH]c12. The van der Waals surface area contributed by atoms with Crippen molar-refractivity contribution in [3.05, 3.63) is 64.9 Å². The van der Waals surface area contributed by atoms with Crippen LogP contribution in [0, 0.1) is 5.41 Å². The molecule has 2 aromatic heterocycles. The predicted molar refractivity (Wildman–Crippen MR) is 110 cm³/mol. The Kier molecular flexibility index (Phi) is 4.82. The molecule has 0 spiro atoms. The lowest BCUT2D eigenvalue weighted by molar-refractivity contribution is -0.286. The van der Waals surface area contributed by atoms with Crippen LogP contribution in [0.15, 0.2) is 58.8 Å². The molecular formula is C20H14ClF2N5O2S. The summed E-state index contributed by atoms with van der Waals surface area (Å²) in [4.78, 5) is 12.4. The van der Waals surface area contributed by atoms with Crippen LogP contribution in [0.3, 0.4) is 0 Å². The molecule has 11 heteroatoms. The van der Waals surface area contributed by atoms with Crippen molar-refractivity contribution in [3.63, 3.8) is 0 Å². The van der Waals surface area contributed by atoms with Gasteiger partial charge in [0.15, 0.2) is 27.8 Å². The van der Waals surface area contributed by atoms with Crippen LogP contribution in [0.1, 0.15) is 5.56 Å². The summed E-state index contributed by atoms with van der Waals surface area (Å²) in [5.41, 5.74) is 2.12. The zero-order valence-electron chi connectivity index (χ0n) is 15.7. The van der Waals surface area contributed by atoms with Gasteiger partial charge in [-0.15, -0.1) is 8.78 Å². The highest BCUT2D eigenvalue weighted by Gasteiger charge is 2.43. The van der Waals surface area contributed by atoms with Crippen LogP contribution >= 0.6 is 23.4 Å². The van der Waals surface area contributed by atoms with Gasteiger partial charge in [0.1, 0.15) is 5.52 Å². The molecular weight excluding hydrogens is 448 g/mol. The highest BCUT2D eigenvalue weighted by molar-refractivity contribution is 7.99. The first-order valence-electron chi connectivity index (χ1n) is 9.19. The maximum absolute atomic E-state index is 13.2. The number of aryl methyl sites for hydroxylation is 2. The van der Waals surface area contributed by atoms with Gasteiger partial charge in [0.05, 0.1) is 6.33 Å². The second-order valence-electron chi connectivity index (χ2n) is 6.75. The number of rotatable bonds is 5. The Hall–Kier alpha value is -3.11. The second-order valence-corrected chi connectivity index (χ2v) is 8.22. The Morgan fingerprint density at radius 3 is 2.81 bits per heavy atom. The van der Waals surface area contributed by atoms with E-state index < -0.39 is 6.29 Å². The number of fused-ring (bicyclic) bond motifs is 2. The van der Waals surface area contributed by atoms with Gasteiger partial charge in [0.25, 0.3) is 0 Å². The predicted octanol–water partition coefficient (Wildman–Crippen LogP) is 4.61. The molecule has 5 rings (SSSR count). The fourth-order valence-electron chi connectivity index (χ4n) is 3.22. The molecule has 158 valence electrons. The van der Waals surface area contributed by atoms with Crippen LogP contribution in [0.5, 0.6) is 11.5 Å². The molecule has 2 N–H and O–H groups in total. The number of aromatic amines is 1. The molecule has 7 nitrogen and oxygen atoms in total. The van der Waals surface area contributed by atoms with E-state index in [9.17, 15) is 8.78 Å². The lowest BCUT2D eigenvalue weighted by Gasteiger charge is -2.08. The zero-order chi connectivity index (χ0) is 21.6. The molecule has 0 saturated heterocycles. The first-order valence-corrected chi connectivity index (χ1v) is 10.4. The number of hydrogen-bond acceptors (Lipinski definition) is 6.